The molecule has 7 heteroatoms. The molecule has 7 nitrogen and oxygen atoms in total. The average molecular weight is 415 g/mol. The van der Waals surface area contributed by atoms with Crippen LogP contribution in [0.3, 0.4) is 0 Å². The Bertz CT molecular complexity index is 1240. The van der Waals surface area contributed by atoms with Crippen LogP contribution in [-0.4, -0.2) is 31.8 Å². The van der Waals surface area contributed by atoms with Crippen molar-refractivity contribution in [2.24, 2.45) is 17.3 Å². The topological polar surface area (TPSA) is 79.2 Å². The largest absolute Gasteiger partial charge is 0.309 e. The maximum absolute atomic E-state index is 13.5. The van der Waals surface area contributed by atoms with Gasteiger partial charge in [-0.2, -0.15) is 15.5 Å². The van der Waals surface area contributed by atoms with E-state index in [0.29, 0.717) is 6.54 Å². The molecule has 0 aromatic carbocycles. The molecule has 0 spiro atoms. The second kappa shape index (κ2) is 6.19. The van der Waals surface area contributed by atoms with Gasteiger partial charge >= 0.3 is 0 Å². The number of carbonyl (C=O) groups is 1. The van der Waals surface area contributed by atoms with Crippen molar-refractivity contribution in [3.8, 4) is 17.2 Å². The van der Waals surface area contributed by atoms with Crippen LogP contribution >= 0.6 is 0 Å². The Balaban J connectivity index is 1.39. The molecule has 2 aliphatic carbocycles. The number of nitriles is 1. The molecule has 1 saturated heterocycles. The lowest BCUT2D eigenvalue weighted by Crippen LogP contribution is -2.37. The van der Waals surface area contributed by atoms with Gasteiger partial charge in [-0.15, -0.1) is 0 Å². The van der Waals surface area contributed by atoms with E-state index < -0.39 is 5.41 Å². The molecule has 0 N–H and O–H groups in total. The molecule has 2 saturated carbocycles. The first kappa shape index (κ1) is 18.6. The third-order valence-corrected chi connectivity index (χ3v) is 7.90. The predicted molar refractivity (Wildman–Crippen MR) is 116 cm³/mol. The number of carbonyl (C=O) groups excluding carboxylic acids is 1. The van der Waals surface area contributed by atoms with E-state index in [1.165, 1.54) is 12.8 Å². The molecule has 2 atom stereocenters. The van der Waals surface area contributed by atoms with Gasteiger partial charge in [0.15, 0.2) is 0 Å². The van der Waals surface area contributed by atoms with E-state index in [0.717, 1.165) is 41.6 Å². The molecule has 3 aliphatic rings. The quantitative estimate of drug-likeness (QED) is 0.632. The molecule has 1 aliphatic heterocycles. The summed E-state index contributed by atoms with van der Waals surface area (Å²) in [4.78, 5) is 15.3. The SMILES string of the molecule is CCC1(n2cc(-c3cc4c(N5C[C@@H](C)[C@@](C#N)(C6CC6)C5=O)ccnn4c3)cn2)CC1. The molecular weight excluding hydrogens is 388 g/mol. The van der Waals surface area contributed by atoms with Gasteiger partial charge in [-0.1, -0.05) is 13.8 Å². The van der Waals surface area contributed by atoms with Crippen molar-refractivity contribution in [2.75, 3.05) is 11.4 Å². The lowest BCUT2D eigenvalue weighted by molar-refractivity contribution is -0.124. The molecule has 3 fully saturated rings. The maximum Gasteiger partial charge on any atom is 0.248 e. The van der Waals surface area contributed by atoms with Gasteiger partial charge in [-0.05, 0) is 50.2 Å². The minimum atomic E-state index is -0.879. The monoisotopic (exact) mass is 414 g/mol. The highest BCUT2D eigenvalue weighted by molar-refractivity contribution is 6.05. The van der Waals surface area contributed by atoms with Gasteiger partial charge < -0.3 is 4.90 Å². The standard InChI is InChI=1S/C24H26N6O/c1-3-23(7-8-23)30-14-18(11-27-30)17-10-21-20(6-9-26-29(21)13-17)28-12-16(2)24(15-25,22(28)31)19-4-5-19/h6,9-11,13-14,16,19H,3-5,7-8,12H2,1-2H3/t16-,24+/m1/s1. The minimum absolute atomic E-state index is 0.0159. The van der Waals surface area contributed by atoms with Crippen LogP contribution in [0.4, 0.5) is 5.69 Å². The van der Waals surface area contributed by atoms with Crippen LogP contribution in [0.15, 0.2) is 36.9 Å². The number of hydrogen-bond donors (Lipinski definition) is 0. The predicted octanol–water partition coefficient (Wildman–Crippen LogP) is 4.00. The highest BCUT2D eigenvalue weighted by Gasteiger charge is 2.61. The van der Waals surface area contributed by atoms with Gasteiger partial charge in [-0.3, -0.25) is 9.48 Å². The average Bonchev–Trinajstić information content (AvgIpc) is 3.66. The second-order valence-electron chi connectivity index (χ2n) is 9.60. The van der Waals surface area contributed by atoms with Crippen LogP contribution < -0.4 is 4.90 Å². The molecule has 0 bridgehead atoms. The van der Waals surface area contributed by atoms with Crippen LogP contribution in [0.5, 0.6) is 0 Å². The summed E-state index contributed by atoms with van der Waals surface area (Å²) in [6, 6.07) is 6.39. The van der Waals surface area contributed by atoms with E-state index in [9.17, 15) is 10.1 Å². The minimum Gasteiger partial charge on any atom is -0.309 e. The number of aromatic nitrogens is 4. The molecule has 6 rings (SSSR count). The number of fused-ring (bicyclic) bond motifs is 1. The summed E-state index contributed by atoms with van der Waals surface area (Å²) in [5.74, 6) is 0.166. The zero-order valence-electron chi connectivity index (χ0n) is 18.0. The molecule has 31 heavy (non-hydrogen) atoms. The molecule has 0 radical (unpaired) electrons. The fraction of sp³-hybridized carbons (Fsp3) is 0.500. The summed E-state index contributed by atoms with van der Waals surface area (Å²) in [7, 11) is 0. The molecule has 4 heterocycles. The highest BCUT2D eigenvalue weighted by Crippen LogP contribution is 2.54. The Labute approximate surface area is 181 Å². The third-order valence-electron chi connectivity index (χ3n) is 7.90. The van der Waals surface area contributed by atoms with Gasteiger partial charge in [0.2, 0.25) is 5.91 Å². The number of anilines is 1. The van der Waals surface area contributed by atoms with Gasteiger partial charge in [0.1, 0.15) is 5.41 Å². The lowest BCUT2D eigenvalue weighted by Gasteiger charge is -2.23. The smallest absolute Gasteiger partial charge is 0.248 e. The summed E-state index contributed by atoms with van der Waals surface area (Å²) in [6.45, 7) is 4.82. The number of nitrogens with zero attached hydrogens (tertiary/aromatic N) is 6. The normalized spacial score (nSPS) is 27.1. The van der Waals surface area contributed by atoms with E-state index in [2.05, 4.69) is 40.1 Å². The number of amides is 1. The van der Waals surface area contributed by atoms with Crippen molar-refractivity contribution in [3.63, 3.8) is 0 Å². The highest BCUT2D eigenvalue weighted by atomic mass is 16.2. The molecular formula is C24H26N6O. The van der Waals surface area contributed by atoms with Crippen LogP contribution in [0.25, 0.3) is 16.6 Å². The first-order chi connectivity index (χ1) is 15.0. The zero-order chi connectivity index (χ0) is 21.4. The van der Waals surface area contributed by atoms with Crippen LogP contribution in [0, 0.1) is 28.6 Å². The van der Waals surface area contributed by atoms with Crippen molar-refractivity contribution >= 4 is 17.1 Å². The van der Waals surface area contributed by atoms with Crippen molar-refractivity contribution in [3.05, 3.63) is 36.9 Å². The molecule has 158 valence electrons. The Morgan fingerprint density at radius 1 is 1.23 bits per heavy atom. The zero-order valence-corrected chi connectivity index (χ0v) is 18.0. The summed E-state index contributed by atoms with van der Waals surface area (Å²) < 4.78 is 3.94. The Hall–Kier alpha value is -3.14. The Morgan fingerprint density at radius 2 is 2.03 bits per heavy atom. The summed E-state index contributed by atoms with van der Waals surface area (Å²) in [5, 5.41) is 19.1. The van der Waals surface area contributed by atoms with Crippen molar-refractivity contribution in [1.82, 2.24) is 19.4 Å². The van der Waals surface area contributed by atoms with E-state index in [-0.39, 0.29) is 23.3 Å². The molecule has 0 unspecified atom stereocenters. The van der Waals surface area contributed by atoms with Crippen LogP contribution in [-0.2, 0) is 10.3 Å². The molecule has 3 aromatic rings. The number of hydrogen-bond acceptors (Lipinski definition) is 4. The maximum atomic E-state index is 13.5. The first-order valence-corrected chi connectivity index (χ1v) is 11.3. The second-order valence-corrected chi connectivity index (χ2v) is 9.60. The number of rotatable bonds is 5. The van der Waals surface area contributed by atoms with Gasteiger partial charge in [-0.25, -0.2) is 4.52 Å². The van der Waals surface area contributed by atoms with E-state index in [1.54, 1.807) is 6.20 Å². The van der Waals surface area contributed by atoms with Crippen molar-refractivity contribution < 1.29 is 4.79 Å². The van der Waals surface area contributed by atoms with Crippen molar-refractivity contribution in [1.29, 1.82) is 5.26 Å². The van der Waals surface area contributed by atoms with Crippen LogP contribution in [0.2, 0.25) is 0 Å². The third kappa shape index (κ3) is 2.48. The van der Waals surface area contributed by atoms with Gasteiger partial charge in [0.05, 0.1) is 29.0 Å². The summed E-state index contributed by atoms with van der Waals surface area (Å²) in [5.41, 5.74) is 3.12. The lowest BCUT2D eigenvalue weighted by atomic mass is 9.75. The van der Waals surface area contributed by atoms with Crippen LogP contribution in [0.1, 0.15) is 46.0 Å². The fourth-order valence-electron chi connectivity index (χ4n) is 5.51. The Kier molecular flexibility index (Phi) is 3.72. The Morgan fingerprint density at radius 3 is 2.71 bits per heavy atom. The summed E-state index contributed by atoms with van der Waals surface area (Å²) in [6.07, 6.45) is 13.2. The van der Waals surface area contributed by atoms with Gasteiger partial charge in [0, 0.05) is 42.2 Å². The molecule has 3 aromatic heterocycles. The van der Waals surface area contributed by atoms with E-state index in [1.807, 2.05) is 34.8 Å². The summed E-state index contributed by atoms with van der Waals surface area (Å²) >= 11 is 0. The molecule has 1 amide bonds. The van der Waals surface area contributed by atoms with Crippen molar-refractivity contribution in [2.45, 2.75) is 51.5 Å². The fourth-order valence-corrected chi connectivity index (χ4v) is 5.51. The van der Waals surface area contributed by atoms with E-state index >= 15 is 0 Å². The van der Waals surface area contributed by atoms with Gasteiger partial charge in [0.25, 0.3) is 0 Å². The first-order valence-electron chi connectivity index (χ1n) is 11.3. The van der Waals surface area contributed by atoms with E-state index in [4.69, 9.17) is 0 Å².